The third-order valence-electron chi connectivity index (χ3n) is 4.33. The molecule has 3 aromatic rings. The van der Waals surface area contributed by atoms with Crippen molar-refractivity contribution < 1.29 is 0 Å². The van der Waals surface area contributed by atoms with Crippen LogP contribution in [-0.4, -0.2) is 0 Å². The number of halogens is 2. The summed E-state index contributed by atoms with van der Waals surface area (Å²) in [4.78, 5) is 0.222. The maximum Gasteiger partial charge on any atom is 0.0651 e. The Kier molecular flexibility index (Phi) is 3.39. The highest BCUT2D eigenvalue weighted by molar-refractivity contribution is 9.10. The standard InChI is InChI=1S/C19H14Br2/c20-15-5-1-4-14(11-15)19(21)17-10-9-13-8-7-12-3-2-6-16(17)18(12)13/h1-6,9-11,19H,7-8H2. The van der Waals surface area contributed by atoms with E-state index in [9.17, 15) is 0 Å². The second-order valence-electron chi connectivity index (χ2n) is 5.57. The van der Waals surface area contributed by atoms with Crippen LogP contribution in [0.4, 0.5) is 0 Å². The quantitative estimate of drug-likeness (QED) is 0.449. The van der Waals surface area contributed by atoms with Gasteiger partial charge in [-0.05, 0) is 58.0 Å². The van der Waals surface area contributed by atoms with Crippen LogP contribution in [0.15, 0.2) is 59.1 Å². The van der Waals surface area contributed by atoms with Crippen LogP contribution >= 0.6 is 31.9 Å². The molecular formula is C19H14Br2. The first-order chi connectivity index (χ1) is 10.2. The third-order valence-corrected chi connectivity index (χ3v) is 5.84. The molecule has 0 fully saturated rings. The van der Waals surface area contributed by atoms with Crippen LogP contribution in [0.25, 0.3) is 10.8 Å². The van der Waals surface area contributed by atoms with Crippen molar-refractivity contribution in [3.05, 3.63) is 81.3 Å². The summed E-state index contributed by atoms with van der Waals surface area (Å²) in [6, 6.07) is 19.8. The van der Waals surface area contributed by atoms with Gasteiger partial charge in [-0.3, -0.25) is 0 Å². The molecule has 3 aromatic carbocycles. The van der Waals surface area contributed by atoms with Crippen LogP contribution in [0.2, 0.25) is 0 Å². The molecule has 0 aliphatic heterocycles. The highest BCUT2D eigenvalue weighted by atomic mass is 79.9. The van der Waals surface area contributed by atoms with E-state index in [2.05, 4.69) is 86.5 Å². The van der Waals surface area contributed by atoms with Gasteiger partial charge in [0, 0.05) is 4.47 Å². The van der Waals surface area contributed by atoms with E-state index in [0.29, 0.717) is 0 Å². The maximum atomic E-state index is 3.90. The molecular weight excluding hydrogens is 388 g/mol. The summed E-state index contributed by atoms with van der Waals surface area (Å²) in [5.41, 5.74) is 5.63. The first-order valence-electron chi connectivity index (χ1n) is 7.17. The molecule has 0 spiro atoms. The van der Waals surface area contributed by atoms with Gasteiger partial charge in [0.05, 0.1) is 4.83 Å². The number of alkyl halides is 1. The summed E-state index contributed by atoms with van der Waals surface area (Å²) in [6.45, 7) is 0. The van der Waals surface area contributed by atoms with Gasteiger partial charge >= 0.3 is 0 Å². The largest absolute Gasteiger partial charge is 0.0786 e. The Balaban J connectivity index is 1.92. The van der Waals surface area contributed by atoms with Crippen molar-refractivity contribution in [2.45, 2.75) is 17.7 Å². The number of rotatable bonds is 2. The predicted octanol–water partition coefficient (Wildman–Crippen LogP) is 6.19. The molecule has 0 saturated heterocycles. The van der Waals surface area contributed by atoms with Gasteiger partial charge in [-0.25, -0.2) is 0 Å². The van der Waals surface area contributed by atoms with Crippen LogP contribution < -0.4 is 0 Å². The van der Waals surface area contributed by atoms with Crippen molar-refractivity contribution in [1.29, 1.82) is 0 Å². The molecule has 1 aliphatic carbocycles. The molecule has 0 aromatic heterocycles. The van der Waals surface area contributed by atoms with Gasteiger partial charge in [0.2, 0.25) is 0 Å². The van der Waals surface area contributed by atoms with Crippen molar-refractivity contribution in [3.63, 3.8) is 0 Å². The first-order valence-corrected chi connectivity index (χ1v) is 8.88. The van der Waals surface area contributed by atoms with Gasteiger partial charge in [0.1, 0.15) is 0 Å². The van der Waals surface area contributed by atoms with E-state index in [1.807, 2.05) is 0 Å². The van der Waals surface area contributed by atoms with Gasteiger partial charge in [0.15, 0.2) is 0 Å². The number of hydrogen-bond acceptors (Lipinski definition) is 0. The summed E-state index contributed by atoms with van der Waals surface area (Å²) in [5.74, 6) is 0. The van der Waals surface area contributed by atoms with E-state index in [0.717, 1.165) is 4.47 Å². The Labute approximate surface area is 141 Å². The molecule has 1 unspecified atom stereocenters. The molecule has 104 valence electrons. The average Bonchev–Trinajstić information content (AvgIpc) is 2.92. The van der Waals surface area contributed by atoms with E-state index in [1.54, 1.807) is 0 Å². The summed E-state index contributed by atoms with van der Waals surface area (Å²) >= 11 is 7.46. The van der Waals surface area contributed by atoms with Crippen molar-refractivity contribution in [1.82, 2.24) is 0 Å². The van der Waals surface area contributed by atoms with Crippen LogP contribution in [0.3, 0.4) is 0 Å². The fraction of sp³-hybridized carbons (Fsp3) is 0.158. The lowest BCUT2D eigenvalue weighted by Crippen LogP contribution is -1.95. The molecule has 1 aliphatic rings. The van der Waals surface area contributed by atoms with Crippen molar-refractivity contribution in [3.8, 4) is 0 Å². The molecule has 4 rings (SSSR count). The number of benzene rings is 3. The highest BCUT2D eigenvalue weighted by Crippen LogP contribution is 2.40. The number of hydrogen-bond donors (Lipinski definition) is 0. The molecule has 0 amide bonds. The Morgan fingerprint density at radius 1 is 0.857 bits per heavy atom. The second kappa shape index (κ2) is 5.26. The van der Waals surface area contributed by atoms with Gasteiger partial charge in [-0.2, -0.15) is 0 Å². The van der Waals surface area contributed by atoms with E-state index in [1.165, 1.54) is 45.9 Å². The summed E-state index contributed by atoms with van der Waals surface area (Å²) in [6.07, 6.45) is 2.36. The van der Waals surface area contributed by atoms with Gasteiger partial charge in [0.25, 0.3) is 0 Å². The fourth-order valence-corrected chi connectivity index (χ4v) is 4.44. The van der Waals surface area contributed by atoms with Gasteiger partial charge in [-0.15, -0.1) is 0 Å². The molecule has 0 bridgehead atoms. The van der Waals surface area contributed by atoms with E-state index in [4.69, 9.17) is 0 Å². The van der Waals surface area contributed by atoms with Crippen LogP contribution in [0.5, 0.6) is 0 Å². The average molecular weight is 402 g/mol. The SMILES string of the molecule is Brc1cccc(C(Br)c2ccc3c4c(cccc24)CC3)c1. The topological polar surface area (TPSA) is 0 Å². The molecule has 0 N–H and O–H groups in total. The Hall–Kier alpha value is -1.12. The lowest BCUT2D eigenvalue weighted by molar-refractivity contribution is 1.02. The second-order valence-corrected chi connectivity index (χ2v) is 7.40. The zero-order valence-corrected chi connectivity index (χ0v) is 14.6. The fourth-order valence-electron chi connectivity index (χ4n) is 3.33. The molecule has 0 heterocycles. The summed E-state index contributed by atoms with van der Waals surface area (Å²) in [7, 11) is 0. The van der Waals surface area contributed by atoms with Crippen LogP contribution in [0.1, 0.15) is 27.1 Å². The first kappa shape index (κ1) is 13.5. The molecule has 0 radical (unpaired) electrons. The highest BCUT2D eigenvalue weighted by Gasteiger charge is 2.19. The Morgan fingerprint density at radius 3 is 2.43 bits per heavy atom. The summed E-state index contributed by atoms with van der Waals surface area (Å²) < 4.78 is 1.12. The van der Waals surface area contributed by atoms with E-state index in [-0.39, 0.29) is 4.83 Å². The van der Waals surface area contributed by atoms with Crippen molar-refractivity contribution in [2.24, 2.45) is 0 Å². The maximum absolute atomic E-state index is 3.90. The van der Waals surface area contributed by atoms with E-state index < -0.39 is 0 Å². The zero-order chi connectivity index (χ0) is 14.4. The predicted molar refractivity (Wildman–Crippen MR) is 96.3 cm³/mol. The van der Waals surface area contributed by atoms with Crippen molar-refractivity contribution >= 4 is 42.6 Å². The Morgan fingerprint density at radius 2 is 1.62 bits per heavy atom. The van der Waals surface area contributed by atoms with Gasteiger partial charge in [-0.1, -0.05) is 74.3 Å². The normalized spacial score (nSPS) is 14.6. The van der Waals surface area contributed by atoms with Crippen LogP contribution in [-0.2, 0) is 12.8 Å². The monoisotopic (exact) mass is 400 g/mol. The van der Waals surface area contributed by atoms with Crippen LogP contribution in [0, 0.1) is 0 Å². The van der Waals surface area contributed by atoms with Crippen molar-refractivity contribution in [2.75, 3.05) is 0 Å². The third kappa shape index (κ3) is 2.25. The minimum Gasteiger partial charge on any atom is -0.0786 e. The zero-order valence-electron chi connectivity index (χ0n) is 11.4. The van der Waals surface area contributed by atoms with E-state index >= 15 is 0 Å². The molecule has 2 heteroatoms. The lowest BCUT2D eigenvalue weighted by atomic mass is 9.95. The Bertz CT molecular complexity index is 826. The lowest BCUT2D eigenvalue weighted by Gasteiger charge is -2.15. The molecule has 0 nitrogen and oxygen atoms in total. The molecule has 1 atom stereocenters. The molecule has 0 saturated carbocycles. The summed E-state index contributed by atoms with van der Waals surface area (Å²) in [5, 5.41) is 2.87. The van der Waals surface area contributed by atoms with Gasteiger partial charge < -0.3 is 0 Å². The minimum absolute atomic E-state index is 0.222. The minimum atomic E-state index is 0.222. The molecule has 21 heavy (non-hydrogen) atoms. The smallest absolute Gasteiger partial charge is 0.0651 e. The number of aryl methyl sites for hydroxylation is 2.